The molecule has 0 radical (unpaired) electrons. The third-order valence-corrected chi connectivity index (χ3v) is 7.20. The molecule has 0 saturated carbocycles. The first-order chi connectivity index (χ1) is 14.7. The number of nitrogens with one attached hydrogen (secondary N) is 1. The van der Waals surface area contributed by atoms with Crippen molar-refractivity contribution in [2.24, 2.45) is 0 Å². The number of sulfone groups is 1. The third-order valence-electron chi connectivity index (χ3n) is 5.47. The van der Waals surface area contributed by atoms with E-state index in [9.17, 15) is 13.2 Å². The molecule has 31 heavy (non-hydrogen) atoms. The lowest BCUT2D eigenvalue weighted by Crippen LogP contribution is -2.09. The zero-order valence-electron chi connectivity index (χ0n) is 17.9. The van der Waals surface area contributed by atoms with Crippen molar-refractivity contribution in [1.82, 2.24) is 9.38 Å². The van der Waals surface area contributed by atoms with E-state index in [2.05, 4.69) is 4.98 Å². The molecule has 0 bridgehead atoms. The molecular weight excluding hydrogens is 412 g/mol. The summed E-state index contributed by atoms with van der Waals surface area (Å²) in [6, 6.07) is 12.7. The molecule has 0 aliphatic heterocycles. The van der Waals surface area contributed by atoms with Gasteiger partial charge in [-0.05, 0) is 61.7 Å². The molecule has 0 unspecified atom stereocenters. The molecule has 2 aromatic carbocycles. The van der Waals surface area contributed by atoms with E-state index < -0.39 is 9.84 Å². The summed E-state index contributed by atoms with van der Waals surface area (Å²) in [6.07, 6.45) is 3.32. The Labute approximate surface area is 181 Å². The first kappa shape index (κ1) is 20.9. The van der Waals surface area contributed by atoms with Gasteiger partial charge in [0.05, 0.1) is 16.3 Å². The fourth-order valence-electron chi connectivity index (χ4n) is 3.79. The summed E-state index contributed by atoms with van der Waals surface area (Å²) in [7, 11) is -3.42. The van der Waals surface area contributed by atoms with Gasteiger partial charge in [0.15, 0.2) is 9.84 Å². The van der Waals surface area contributed by atoms with Crippen LogP contribution in [0.5, 0.6) is 11.5 Å². The van der Waals surface area contributed by atoms with Gasteiger partial charge in [-0.3, -0.25) is 4.79 Å². The fourth-order valence-corrected chi connectivity index (χ4v) is 4.69. The normalized spacial score (nSPS) is 11.7. The average molecular weight is 437 g/mol. The fraction of sp³-hybridized carbons (Fsp3) is 0.208. The SMILES string of the molecule is CCS(=O)(=O)c1ccc(Oc2c(C)cccc2C)c(-c2cc(C)c3c(=O)[nH]ccn23)c1. The lowest BCUT2D eigenvalue weighted by molar-refractivity contribution is 0.476. The summed E-state index contributed by atoms with van der Waals surface area (Å²) in [6.45, 7) is 7.40. The first-order valence-corrected chi connectivity index (χ1v) is 11.7. The highest BCUT2D eigenvalue weighted by atomic mass is 32.2. The Hall–Kier alpha value is -3.32. The Balaban J connectivity index is 2.00. The molecule has 2 aromatic heterocycles. The van der Waals surface area contributed by atoms with E-state index in [4.69, 9.17) is 4.74 Å². The van der Waals surface area contributed by atoms with Crippen LogP contribution in [0.25, 0.3) is 16.8 Å². The standard InChI is InChI=1S/C24H24N2O4S/c1-5-31(28,29)18-9-10-21(30-23-15(2)7-6-8-16(23)3)19(14-18)20-13-17(4)22-24(27)25-11-12-26(20)22/h6-14H,5H2,1-4H3,(H,25,27). The summed E-state index contributed by atoms with van der Waals surface area (Å²) in [4.78, 5) is 15.3. The second kappa shape index (κ2) is 7.74. The first-order valence-electron chi connectivity index (χ1n) is 10.0. The monoisotopic (exact) mass is 436 g/mol. The average Bonchev–Trinajstić information content (AvgIpc) is 3.08. The zero-order chi connectivity index (χ0) is 22.3. The summed E-state index contributed by atoms with van der Waals surface area (Å²) < 4.78 is 33.3. The number of hydrogen-bond acceptors (Lipinski definition) is 4. The quantitative estimate of drug-likeness (QED) is 0.487. The molecule has 2 heterocycles. The van der Waals surface area contributed by atoms with Crippen LogP contribution in [0.4, 0.5) is 0 Å². The summed E-state index contributed by atoms with van der Waals surface area (Å²) in [5, 5.41) is 0. The van der Waals surface area contributed by atoms with E-state index in [1.165, 1.54) is 0 Å². The van der Waals surface area contributed by atoms with Gasteiger partial charge in [0, 0.05) is 18.0 Å². The maximum atomic E-state index is 12.6. The number of ether oxygens (including phenoxy) is 1. The van der Waals surface area contributed by atoms with Crippen molar-refractivity contribution in [1.29, 1.82) is 0 Å². The van der Waals surface area contributed by atoms with Crippen LogP contribution >= 0.6 is 0 Å². The lowest BCUT2D eigenvalue weighted by atomic mass is 10.1. The van der Waals surface area contributed by atoms with E-state index in [1.807, 2.05) is 45.0 Å². The Morgan fingerprint density at radius 3 is 2.39 bits per heavy atom. The van der Waals surface area contributed by atoms with Crippen molar-refractivity contribution in [3.63, 3.8) is 0 Å². The van der Waals surface area contributed by atoms with Crippen LogP contribution < -0.4 is 10.3 Å². The molecule has 0 atom stereocenters. The summed E-state index contributed by atoms with van der Waals surface area (Å²) >= 11 is 0. The Bertz CT molecular complexity index is 1440. The number of para-hydroxylation sites is 1. The van der Waals surface area contributed by atoms with Crippen LogP contribution in [-0.4, -0.2) is 23.6 Å². The molecule has 1 N–H and O–H groups in total. The van der Waals surface area contributed by atoms with Gasteiger partial charge in [0.25, 0.3) is 5.56 Å². The minimum absolute atomic E-state index is 0.00283. The van der Waals surface area contributed by atoms with E-state index >= 15 is 0 Å². The van der Waals surface area contributed by atoms with Crippen molar-refractivity contribution in [3.05, 3.63) is 81.9 Å². The molecular formula is C24H24N2O4S. The van der Waals surface area contributed by atoms with Crippen LogP contribution in [0.15, 0.2) is 64.5 Å². The Kier molecular flexibility index (Phi) is 5.23. The van der Waals surface area contributed by atoms with Crippen molar-refractivity contribution >= 4 is 15.4 Å². The van der Waals surface area contributed by atoms with E-state index in [-0.39, 0.29) is 16.2 Å². The number of hydrogen-bond donors (Lipinski definition) is 1. The maximum Gasteiger partial charge on any atom is 0.272 e. The van der Waals surface area contributed by atoms with Crippen LogP contribution in [0.2, 0.25) is 0 Å². The minimum atomic E-state index is -3.42. The van der Waals surface area contributed by atoms with Gasteiger partial charge in [-0.15, -0.1) is 0 Å². The maximum absolute atomic E-state index is 12.6. The van der Waals surface area contributed by atoms with Crippen LogP contribution in [0.1, 0.15) is 23.6 Å². The largest absolute Gasteiger partial charge is 0.456 e. The third kappa shape index (κ3) is 3.65. The highest BCUT2D eigenvalue weighted by Crippen LogP contribution is 2.38. The molecule has 7 heteroatoms. The molecule has 0 aliphatic carbocycles. The number of H-pyrrole nitrogens is 1. The van der Waals surface area contributed by atoms with Crippen LogP contribution in [-0.2, 0) is 9.84 Å². The van der Waals surface area contributed by atoms with Crippen molar-refractivity contribution in [2.45, 2.75) is 32.6 Å². The van der Waals surface area contributed by atoms with Gasteiger partial charge in [0.1, 0.15) is 17.0 Å². The zero-order valence-corrected chi connectivity index (χ0v) is 18.7. The molecule has 160 valence electrons. The Morgan fingerprint density at radius 2 is 1.71 bits per heavy atom. The second-order valence-electron chi connectivity index (χ2n) is 7.60. The van der Waals surface area contributed by atoms with Gasteiger partial charge >= 0.3 is 0 Å². The molecule has 0 aliphatic rings. The Morgan fingerprint density at radius 1 is 1.00 bits per heavy atom. The van der Waals surface area contributed by atoms with Crippen molar-refractivity contribution in [3.8, 4) is 22.8 Å². The van der Waals surface area contributed by atoms with Crippen molar-refractivity contribution in [2.75, 3.05) is 5.75 Å². The molecule has 4 aromatic rings. The topological polar surface area (TPSA) is 80.6 Å². The van der Waals surface area contributed by atoms with Gasteiger partial charge < -0.3 is 14.1 Å². The van der Waals surface area contributed by atoms with Gasteiger partial charge in [-0.25, -0.2) is 8.42 Å². The molecule has 0 fully saturated rings. The smallest absolute Gasteiger partial charge is 0.272 e. The van der Waals surface area contributed by atoms with Crippen LogP contribution in [0, 0.1) is 20.8 Å². The summed E-state index contributed by atoms with van der Waals surface area (Å²) in [5.41, 5.74) is 4.34. The van der Waals surface area contributed by atoms with Crippen molar-refractivity contribution < 1.29 is 13.2 Å². The number of benzene rings is 2. The van der Waals surface area contributed by atoms with Crippen LogP contribution in [0.3, 0.4) is 0 Å². The molecule has 6 nitrogen and oxygen atoms in total. The number of aromatic amines is 1. The van der Waals surface area contributed by atoms with E-state index in [1.54, 1.807) is 41.9 Å². The van der Waals surface area contributed by atoms with Gasteiger partial charge in [-0.2, -0.15) is 0 Å². The highest BCUT2D eigenvalue weighted by Gasteiger charge is 2.20. The number of fused-ring (bicyclic) bond motifs is 1. The van der Waals surface area contributed by atoms with Gasteiger partial charge in [0.2, 0.25) is 0 Å². The van der Waals surface area contributed by atoms with Gasteiger partial charge in [-0.1, -0.05) is 25.1 Å². The number of aromatic nitrogens is 2. The second-order valence-corrected chi connectivity index (χ2v) is 9.88. The predicted molar refractivity (Wildman–Crippen MR) is 122 cm³/mol. The lowest BCUT2D eigenvalue weighted by Gasteiger charge is -2.16. The molecule has 0 amide bonds. The minimum Gasteiger partial charge on any atom is -0.456 e. The number of rotatable bonds is 5. The van der Waals surface area contributed by atoms with E-state index in [0.29, 0.717) is 22.5 Å². The summed E-state index contributed by atoms with van der Waals surface area (Å²) in [5.74, 6) is 1.24. The van der Waals surface area contributed by atoms with E-state index in [0.717, 1.165) is 22.4 Å². The highest BCUT2D eigenvalue weighted by molar-refractivity contribution is 7.91. The molecule has 4 rings (SSSR count). The molecule has 0 saturated heterocycles. The number of aryl methyl sites for hydroxylation is 3. The molecule has 0 spiro atoms. The predicted octanol–water partition coefficient (Wildman–Crippen LogP) is 4.81. The number of nitrogens with zero attached hydrogens (tertiary/aromatic N) is 1.